The Hall–Kier alpha value is -6.04. The van der Waals surface area contributed by atoms with Crippen molar-refractivity contribution >= 4 is 0 Å². The molecule has 346 valence electrons. The molecule has 18 heteroatoms. The van der Waals surface area contributed by atoms with Crippen molar-refractivity contribution in [2.24, 2.45) is 22.9 Å². The fourth-order valence-corrected chi connectivity index (χ4v) is 5.75. The second-order valence-electron chi connectivity index (χ2n) is 13.1. The highest BCUT2D eigenvalue weighted by Gasteiger charge is 2.33. The van der Waals surface area contributed by atoms with Gasteiger partial charge in [0, 0.05) is 65.2 Å². The molecule has 2 aliphatic rings. The van der Waals surface area contributed by atoms with Crippen LogP contribution in [0.1, 0.15) is 63.0 Å². The number of nitrogens with one attached hydrogen (secondary N) is 2. The van der Waals surface area contributed by atoms with Crippen molar-refractivity contribution in [1.29, 1.82) is 31.6 Å². The summed E-state index contributed by atoms with van der Waals surface area (Å²) in [5.41, 5.74) is 21.9. The Morgan fingerprint density at radius 2 is 0.781 bits per heavy atom. The molecule has 0 aliphatic carbocycles. The number of unbranched alkanes of at least 4 members (excludes halogenated alkanes) is 2. The average Bonchev–Trinajstić information content (AvgIpc) is 3.94. The van der Waals surface area contributed by atoms with E-state index >= 15 is 0 Å². The summed E-state index contributed by atoms with van der Waals surface area (Å²) in [6.07, 6.45) is 3.98. The summed E-state index contributed by atoms with van der Waals surface area (Å²) in [5, 5.41) is 57.4. The quantitative estimate of drug-likeness (QED) is 0.0712. The smallest absolute Gasteiger partial charge is 0.214 e. The fraction of sp³-hybridized carbons (Fsp3) is 0.565. The molecule has 64 heavy (non-hydrogen) atoms. The van der Waals surface area contributed by atoms with Crippen LogP contribution in [-0.4, -0.2) is 137 Å². The van der Waals surface area contributed by atoms with Crippen molar-refractivity contribution in [1.82, 2.24) is 30.2 Å². The van der Waals surface area contributed by atoms with Crippen LogP contribution >= 0.6 is 0 Å². The van der Waals surface area contributed by atoms with E-state index < -0.39 is 0 Å². The van der Waals surface area contributed by atoms with E-state index in [4.69, 9.17) is 67.7 Å². The summed E-state index contributed by atoms with van der Waals surface area (Å²) in [4.78, 5) is 14.8. The molecular formula is C46H72N18. The van der Waals surface area contributed by atoms with Gasteiger partial charge in [0.05, 0.1) is 88.0 Å². The first kappa shape index (κ1) is 62.3. The van der Waals surface area contributed by atoms with Crippen molar-refractivity contribution in [3.63, 3.8) is 0 Å². The van der Waals surface area contributed by atoms with E-state index in [0.29, 0.717) is 78.5 Å². The van der Waals surface area contributed by atoms with Gasteiger partial charge in [0.1, 0.15) is 0 Å². The zero-order valence-electron chi connectivity index (χ0n) is 38.2. The Morgan fingerprint density at radius 3 is 1.00 bits per heavy atom. The van der Waals surface area contributed by atoms with Gasteiger partial charge in [-0.2, -0.15) is 31.6 Å². The van der Waals surface area contributed by atoms with E-state index in [9.17, 15) is 0 Å². The van der Waals surface area contributed by atoms with Gasteiger partial charge >= 0.3 is 0 Å². The predicted molar refractivity (Wildman–Crippen MR) is 253 cm³/mol. The SMILES string of the molecule is CC.N#CCN1CCN(CC#N)C1c1ccccc1.N#CCN1CCN(CC#N)C1c1ccccc1.NCCN.NCCN.[C-]#[N+]CCCCNCC#N.[C-]#[N+]CCCCNCC#N. The van der Waals surface area contributed by atoms with E-state index in [-0.39, 0.29) is 12.3 Å². The molecule has 0 aromatic heterocycles. The van der Waals surface area contributed by atoms with Crippen LogP contribution in [0.4, 0.5) is 0 Å². The Bertz CT molecular complexity index is 1490. The standard InChI is InChI=1S/2C13H14N4.2C7H11N3.2C2H8N2.C2H6/c2*14-6-8-16-10-11-17(9-7-15)13(16)12-4-2-1-3-5-12;2*1-9-5-2-3-6-10-7-4-8;2*3-1-2-4;1-2/h2*1-5,13H,8-11H2;2*10H,2-3,5-7H2;2*1-4H2;1-2H3. The Morgan fingerprint density at radius 1 is 0.500 bits per heavy atom. The highest BCUT2D eigenvalue weighted by molar-refractivity contribution is 5.21. The summed E-state index contributed by atoms with van der Waals surface area (Å²) in [5.74, 6) is 0. The predicted octanol–water partition coefficient (Wildman–Crippen LogP) is 3.13. The number of nitrogens with zero attached hydrogens (tertiary/aromatic N) is 12. The van der Waals surface area contributed by atoms with Crippen molar-refractivity contribution in [2.75, 3.05) is 118 Å². The molecule has 0 amide bonds. The number of hydrogen-bond acceptors (Lipinski definition) is 16. The Labute approximate surface area is 384 Å². The molecule has 2 aliphatic heterocycles. The number of rotatable bonds is 18. The van der Waals surface area contributed by atoms with Crippen molar-refractivity contribution in [3.8, 4) is 36.4 Å². The van der Waals surface area contributed by atoms with Crippen molar-refractivity contribution in [3.05, 3.63) is 94.6 Å². The number of hydrogen-bond donors (Lipinski definition) is 6. The molecule has 10 N–H and O–H groups in total. The van der Waals surface area contributed by atoms with E-state index in [1.54, 1.807) is 0 Å². The first-order valence-corrected chi connectivity index (χ1v) is 21.6. The lowest BCUT2D eigenvalue weighted by Gasteiger charge is -2.27. The fourth-order valence-electron chi connectivity index (χ4n) is 5.75. The lowest BCUT2D eigenvalue weighted by atomic mass is 10.1. The summed E-state index contributed by atoms with van der Waals surface area (Å²) < 4.78 is 0. The van der Waals surface area contributed by atoms with Gasteiger partial charge in [-0.05, 0) is 37.1 Å². The minimum absolute atomic E-state index is 0.0653. The molecule has 0 radical (unpaired) electrons. The molecular weight excluding hydrogens is 805 g/mol. The van der Waals surface area contributed by atoms with E-state index in [1.807, 2.05) is 86.6 Å². The van der Waals surface area contributed by atoms with E-state index in [1.165, 1.54) is 0 Å². The number of benzene rings is 2. The lowest BCUT2D eigenvalue weighted by molar-refractivity contribution is 0.164. The minimum atomic E-state index is 0.0653. The summed E-state index contributed by atoms with van der Waals surface area (Å²) in [7, 11) is 0. The van der Waals surface area contributed by atoms with Crippen LogP contribution < -0.4 is 33.6 Å². The van der Waals surface area contributed by atoms with Gasteiger partial charge in [0.25, 0.3) is 0 Å². The molecule has 2 fully saturated rings. The second-order valence-corrected chi connectivity index (χ2v) is 13.1. The van der Waals surface area contributed by atoms with Crippen molar-refractivity contribution in [2.45, 2.75) is 51.9 Å². The molecule has 0 bridgehead atoms. The van der Waals surface area contributed by atoms with Crippen LogP contribution in [0.25, 0.3) is 9.69 Å². The van der Waals surface area contributed by atoms with Crippen LogP contribution in [0.2, 0.25) is 0 Å². The monoisotopic (exact) mass is 877 g/mol. The van der Waals surface area contributed by atoms with E-state index in [2.05, 4.69) is 64.2 Å². The van der Waals surface area contributed by atoms with Gasteiger partial charge < -0.3 is 43.3 Å². The largest absolute Gasteiger partial charge is 0.329 e. The molecule has 2 heterocycles. The minimum Gasteiger partial charge on any atom is -0.329 e. The normalized spacial score (nSPS) is 13.0. The number of nitriles is 6. The zero-order valence-corrected chi connectivity index (χ0v) is 38.2. The van der Waals surface area contributed by atoms with Gasteiger partial charge in [-0.15, -0.1) is 0 Å². The Balaban J connectivity index is -0.000000741. The second kappa shape index (κ2) is 49.6. The molecule has 0 spiro atoms. The van der Waals surface area contributed by atoms with Gasteiger partial charge in [-0.25, -0.2) is 13.1 Å². The zero-order chi connectivity index (χ0) is 48.3. The maximum absolute atomic E-state index is 8.83. The first-order chi connectivity index (χ1) is 31.4. The topological polar surface area (TPSA) is 293 Å². The molecule has 0 unspecified atom stereocenters. The Kier molecular flexibility index (Phi) is 48.3. The maximum atomic E-state index is 8.83. The number of nitrogens with two attached hydrogens (primary N) is 4. The summed E-state index contributed by atoms with van der Waals surface area (Å²) in [6.45, 7) is 28.1. The molecule has 2 aromatic rings. The summed E-state index contributed by atoms with van der Waals surface area (Å²) >= 11 is 0. The molecule has 18 nitrogen and oxygen atoms in total. The summed E-state index contributed by atoms with van der Waals surface area (Å²) in [6, 6.07) is 32.8. The third-order valence-electron chi connectivity index (χ3n) is 8.51. The first-order valence-electron chi connectivity index (χ1n) is 21.6. The third kappa shape index (κ3) is 32.6. The molecule has 0 atom stereocenters. The van der Waals surface area contributed by atoms with Crippen molar-refractivity contribution < 1.29 is 0 Å². The average molecular weight is 877 g/mol. The van der Waals surface area contributed by atoms with Gasteiger partial charge in [0.15, 0.2) is 0 Å². The maximum Gasteiger partial charge on any atom is 0.214 e. The van der Waals surface area contributed by atoms with Crippen LogP contribution in [0, 0.1) is 81.1 Å². The highest BCUT2D eigenvalue weighted by atomic mass is 15.4. The molecule has 2 saturated heterocycles. The van der Waals surface area contributed by atoms with E-state index in [0.717, 1.165) is 76.1 Å². The van der Waals surface area contributed by atoms with Gasteiger partial charge in [-0.3, -0.25) is 19.6 Å². The molecule has 0 saturated carbocycles. The third-order valence-corrected chi connectivity index (χ3v) is 8.51. The molecule has 2 aromatic carbocycles. The van der Waals surface area contributed by atoms with Crippen LogP contribution in [0.15, 0.2) is 60.7 Å². The molecule has 4 rings (SSSR count). The lowest BCUT2D eigenvalue weighted by Crippen LogP contribution is -2.31. The van der Waals surface area contributed by atoms with Crippen LogP contribution in [0.5, 0.6) is 0 Å². The van der Waals surface area contributed by atoms with Gasteiger partial charge in [0.2, 0.25) is 13.1 Å². The highest BCUT2D eigenvalue weighted by Crippen LogP contribution is 2.30. The van der Waals surface area contributed by atoms with Gasteiger partial charge in [-0.1, -0.05) is 74.5 Å². The van der Waals surface area contributed by atoms with Crippen LogP contribution in [-0.2, 0) is 0 Å². The van der Waals surface area contributed by atoms with Crippen LogP contribution in [0.3, 0.4) is 0 Å².